The van der Waals surface area contributed by atoms with Crippen LogP contribution in [0.15, 0.2) is 53.9 Å². The second-order valence-corrected chi connectivity index (χ2v) is 8.69. The van der Waals surface area contributed by atoms with Gasteiger partial charge in [0.05, 0.1) is 37.3 Å². The Balaban J connectivity index is 0.00000115. The van der Waals surface area contributed by atoms with Crippen LogP contribution >= 0.6 is 0 Å². The van der Waals surface area contributed by atoms with Crippen LogP contribution in [0.4, 0.5) is 5.69 Å². The second kappa shape index (κ2) is 12.6. The molecular weight excluding hydrogens is 462 g/mol. The molecule has 2 fully saturated rings. The number of benzene rings is 1. The minimum atomic E-state index is -0.0577. The number of nitrogens with zero attached hydrogens (tertiary/aromatic N) is 2. The Morgan fingerprint density at radius 1 is 1.28 bits per heavy atom. The third-order valence-corrected chi connectivity index (χ3v) is 5.85. The number of carbonyl (C=O) groups is 2. The number of primary amides is 1. The number of nitrogens with one attached hydrogen (secondary N) is 2. The minimum Gasteiger partial charge on any atom is -0.494 e. The predicted molar refractivity (Wildman–Crippen MR) is 137 cm³/mol. The van der Waals surface area contributed by atoms with Crippen molar-refractivity contribution >= 4 is 18.0 Å². The Bertz CT molecular complexity index is 1110. The van der Waals surface area contributed by atoms with Crippen LogP contribution < -0.4 is 32.6 Å². The molecule has 0 radical (unpaired) electrons. The fraction of sp³-hybridized carbons (Fsp3) is 0.400. The van der Waals surface area contributed by atoms with Gasteiger partial charge in [0.25, 0.3) is 0 Å². The number of nitrogens with two attached hydrogens (primary N) is 3. The number of allylic oxidation sites excluding steroid dienone is 2. The Labute approximate surface area is 210 Å². The highest BCUT2D eigenvalue weighted by atomic mass is 16.5. The summed E-state index contributed by atoms with van der Waals surface area (Å²) in [6.07, 6.45) is 9.64. The summed E-state index contributed by atoms with van der Waals surface area (Å²) in [6, 6.07) is 6.07. The number of para-hydroxylation sites is 1. The second-order valence-electron chi connectivity index (χ2n) is 8.69. The van der Waals surface area contributed by atoms with Gasteiger partial charge in [0, 0.05) is 41.6 Å². The van der Waals surface area contributed by atoms with Crippen molar-refractivity contribution in [2.45, 2.75) is 38.6 Å². The van der Waals surface area contributed by atoms with Gasteiger partial charge in [-0.25, -0.2) is 0 Å². The molecule has 4 rings (SSSR count). The van der Waals surface area contributed by atoms with E-state index in [9.17, 15) is 4.79 Å². The first-order valence-electron chi connectivity index (χ1n) is 11.8. The number of anilines is 1. The lowest BCUT2D eigenvalue weighted by Gasteiger charge is -2.22. The van der Waals surface area contributed by atoms with Crippen molar-refractivity contribution in [2.75, 3.05) is 25.6 Å². The van der Waals surface area contributed by atoms with Gasteiger partial charge in [-0.3, -0.25) is 14.3 Å². The van der Waals surface area contributed by atoms with E-state index in [1.165, 1.54) is 0 Å². The highest BCUT2D eigenvalue weighted by Crippen LogP contribution is 2.37. The molecule has 0 spiro atoms. The number of aromatic nitrogens is 2. The molecule has 0 bridgehead atoms. The van der Waals surface area contributed by atoms with E-state index in [1.54, 1.807) is 20.1 Å². The van der Waals surface area contributed by atoms with Gasteiger partial charge >= 0.3 is 0 Å². The maximum atomic E-state index is 12.0. The Morgan fingerprint density at radius 3 is 2.64 bits per heavy atom. The molecule has 2 heterocycles. The molecule has 2 amide bonds. The van der Waals surface area contributed by atoms with Crippen molar-refractivity contribution in [3.8, 4) is 16.9 Å². The first kappa shape index (κ1) is 26.6. The molecule has 8 N–H and O–H groups in total. The molecule has 11 heteroatoms. The Kier molecular flexibility index (Phi) is 9.34. The molecular formula is C25H35N7O4. The molecule has 2 aromatic rings. The number of carbonyl (C=O) groups excluding carboxylic acids is 2. The van der Waals surface area contributed by atoms with Crippen LogP contribution in [0.25, 0.3) is 11.1 Å². The number of amides is 2. The predicted octanol–water partition coefficient (Wildman–Crippen LogP) is 1.94. The minimum absolute atomic E-state index is 0.0577. The zero-order chi connectivity index (χ0) is 26.1. The van der Waals surface area contributed by atoms with E-state index in [0.29, 0.717) is 23.8 Å². The highest BCUT2D eigenvalue weighted by molar-refractivity contribution is 5.82. The van der Waals surface area contributed by atoms with E-state index in [-0.39, 0.29) is 30.1 Å². The number of hydrogen-bond acceptors (Lipinski definition) is 8. The smallest absolute Gasteiger partial charge is 0.228 e. The van der Waals surface area contributed by atoms with Crippen LogP contribution in [0.3, 0.4) is 0 Å². The van der Waals surface area contributed by atoms with Crippen LogP contribution in [0, 0.1) is 5.92 Å². The topological polar surface area (TPSA) is 173 Å². The average molecular weight is 498 g/mol. The lowest BCUT2D eigenvalue weighted by Crippen LogP contribution is -2.29. The molecule has 1 saturated carbocycles. The van der Waals surface area contributed by atoms with Gasteiger partial charge in [-0.2, -0.15) is 5.10 Å². The summed E-state index contributed by atoms with van der Waals surface area (Å²) in [7, 11) is 1.63. The first-order valence-corrected chi connectivity index (χ1v) is 11.8. The van der Waals surface area contributed by atoms with Crippen molar-refractivity contribution in [3.63, 3.8) is 0 Å². The van der Waals surface area contributed by atoms with Gasteiger partial charge in [0.1, 0.15) is 11.6 Å². The van der Waals surface area contributed by atoms with E-state index in [4.69, 9.17) is 25.7 Å². The van der Waals surface area contributed by atoms with Gasteiger partial charge in [0.15, 0.2) is 0 Å². The molecule has 1 unspecified atom stereocenters. The zero-order valence-corrected chi connectivity index (χ0v) is 20.7. The van der Waals surface area contributed by atoms with Crippen LogP contribution in [-0.2, 0) is 14.3 Å². The third-order valence-electron chi connectivity index (χ3n) is 5.85. The molecule has 36 heavy (non-hydrogen) atoms. The van der Waals surface area contributed by atoms with Crippen LogP contribution in [0.2, 0.25) is 0 Å². The van der Waals surface area contributed by atoms with Crippen LogP contribution in [0.1, 0.15) is 38.6 Å². The highest BCUT2D eigenvalue weighted by Gasteiger charge is 2.29. The third kappa shape index (κ3) is 7.01. The summed E-state index contributed by atoms with van der Waals surface area (Å²) in [5, 5.41) is 10.6. The van der Waals surface area contributed by atoms with Crippen molar-refractivity contribution in [3.05, 3.63) is 53.9 Å². The molecule has 1 atom stereocenters. The van der Waals surface area contributed by atoms with Crippen molar-refractivity contribution in [1.82, 2.24) is 15.1 Å². The van der Waals surface area contributed by atoms with E-state index < -0.39 is 0 Å². The summed E-state index contributed by atoms with van der Waals surface area (Å²) < 4.78 is 13.3. The summed E-state index contributed by atoms with van der Waals surface area (Å²) in [5.74, 6) is 0.905. The summed E-state index contributed by atoms with van der Waals surface area (Å²) >= 11 is 0. The fourth-order valence-corrected chi connectivity index (χ4v) is 3.87. The zero-order valence-electron chi connectivity index (χ0n) is 20.7. The summed E-state index contributed by atoms with van der Waals surface area (Å²) in [4.78, 5) is 20.6. The summed E-state index contributed by atoms with van der Waals surface area (Å²) in [5.41, 5.74) is 20.0. The van der Waals surface area contributed by atoms with Gasteiger partial charge in [-0.05, 0) is 38.7 Å². The van der Waals surface area contributed by atoms with Crippen molar-refractivity contribution in [2.24, 2.45) is 23.1 Å². The van der Waals surface area contributed by atoms with E-state index in [2.05, 4.69) is 21.5 Å². The monoisotopic (exact) mass is 497 g/mol. The number of rotatable bonds is 8. The summed E-state index contributed by atoms with van der Waals surface area (Å²) in [6.45, 7) is 3.25. The van der Waals surface area contributed by atoms with Crippen LogP contribution in [0.5, 0.6) is 5.75 Å². The first-order chi connectivity index (χ1) is 17.4. The standard InChI is InChI=1S/C24H32N6O3.CH3NO/c1-15(25)21(11-22(26)29-24(31)16-8-9-16)28-20-7-3-6-19(23(20)32-2)17-12-27-30(13-17)18-5-4-10-33-14-18;2-1-3/h3,6-7,11-13,16,18,28H,4-5,8-10,14,25-26H2,1-2H3,(H,29,31);1H,(H2,2,3)/b21-15+,22-11+;. The van der Waals surface area contributed by atoms with E-state index in [1.807, 2.05) is 35.3 Å². The van der Waals surface area contributed by atoms with E-state index >= 15 is 0 Å². The number of ether oxygens (including phenoxy) is 2. The van der Waals surface area contributed by atoms with Gasteiger partial charge < -0.3 is 37.3 Å². The molecule has 1 aliphatic carbocycles. The normalized spacial score (nSPS) is 18.3. The lowest BCUT2D eigenvalue weighted by molar-refractivity contribution is -0.121. The quantitative estimate of drug-likeness (QED) is 0.272. The van der Waals surface area contributed by atoms with Crippen LogP contribution in [-0.4, -0.2) is 42.4 Å². The van der Waals surface area contributed by atoms with Crippen molar-refractivity contribution in [1.29, 1.82) is 0 Å². The van der Waals surface area contributed by atoms with Crippen molar-refractivity contribution < 1.29 is 19.1 Å². The maximum Gasteiger partial charge on any atom is 0.228 e. The molecule has 1 saturated heterocycles. The molecule has 1 aromatic carbocycles. The van der Waals surface area contributed by atoms with Gasteiger partial charge in [-0.1, -0.05) is 12.1 Å². The SMILES string of the molecule is COc1c(NC(/C=C(\N)NC(=O)C2CC2)=C(\C)N)cccc1-c1cnn(C2CCCOC2)c1.NC=O. The Hall–Kier alpha value is -3.99. The van der Waals surface area contributed by atoms with E-state index in [0.717, 1.165) is 49.1 Å². The molecule has 1 aromatic heterocycles. The van der Waals surface area contributed by atoms with Gasteiger partial charge in [0.2, 0.25) is 12.3 Å². The molecule has 194 valence electrons. The number of methoxy groups -OCH3 is 1. The largest absolute Gasteiger partial charge is 0.494 e. The number of hydrogen-bond donors (Lipinski definition) is 5. The molecule has 11 nitrogen and oxygen atoms in total. The fourth-order valence-electron chi connectivity index (χ4n) is 3.87. The average Bonchev–Trinajstić information content (AvgIpc) is 3.61. The molecule has 1 aliphatic heterocycles. The lowest BCUT2D eigenvalue weighted by atomic mass is 10.1. The Morgan fingerprint density at radius 2 is 2.03 bits per heavy atom. The van der Waals surface area contributed by atoms with Gasteiger partial charge in [-0.15, -0.1) is 0 Å². The maximum absolute atomic E-state index is 12.0. The molecule has 2 aliphatic rings.